The Kier molecular flexibility index (Phi) is 3.88. The van der Waals surface area contributed by atoms with E-state index in [2.05, 4.69) is 10.3 Å². The van der Waals surface area contributed by atoms with Gasteiger partial charge in [-0.25, -0.2) is 4.39 Å². The highest BCUT2D eigenvalue weighted by molar-refractivity contribution is 5.62. The molecule has 0 atom stereocenters. The van der Waals surface area contributed by atoms with E-state index in [4.69, 9.17) is 0 Å². The predicted molar refractivity (Wildman–Crippen MR) is 69.3 cm³/mol. The largest absolute Gasteiger partial charge is 0.375 e. The van der Waals surface area contributed by atoms with Gasteiger partial charge in [-0.3, -0.25) is 15.1 Å². The van der Waals surface area contributed by atoms with Crippen LogP contribution in [-0.2, 0) is 6.54 Å². The lowest BCUT2D eigenvalue weighted by Crippen LogP contribution is -2.06. The number of pyridine rings is 1. The molecule has 0 saturated heterocycles. The number of aromatic nitrogens is 1. The summed E-state index contributed by atoms with van der Waals surface area (Å²) in [5, 5.41) is 13.5. The van der Waals surface area contributed by atoms with Crippen molar-refractivity contribution in [2.45, 2.75) is 13.5 Å². The maximum absolute atomic E-state index is 13.4. The smallest absolute Gasteiger partial charge is 0.327 e. The highest BCUT2D eigenvalue weighted by Crippen LogP contribution is 2.29. The first-order valence-electron chi connectivity index (χ1n) is 5.76. The Morgan fingerprint density at radius 1 is 1.40 bits per heavy atom. The molecule has 0 fully saturated rings. The molecule has 1 N–H and O–H groups in total. The van der Waals surface area contributed by atoms with E-state index < -0.39 is 22.2 Å². The lowest BCUT2D eigenvalue weighted by Gasteiger charge is -2.09. The number of nitrogens with zero attached hydrogens (tertiary/aromatic N) is 2. The Morgan fingerprint density at radius 3 is 2.80 bits per heavy atom. The number of hydrogen-bond acceptors (Lipinski definition) is 4. The molecule has 0 amide bonds. The lowest BCUT2D eigenvalue weighted by atomic mass is 10.1. The van der Waals surface area contributed by atoms with E-state index >= 15 is 0 Å². The molecule has 2 aromatic rings. The van der Waals surface area contributed by atoms with Crippen molar-refractivity contribution in [2.24, 2.45) is 0 Å². The molecule has 1 aromatic heterocycles. The predicted octanol–water partition coefficient (Wildman–Crippen LogP) is 3.19. The first-order chi connectivity index (χ1) is 9.49. The van der Waals surface area contributed by atoms with Crippen molar-refractivity contribution in [2.75, 3.05) is 5.32 Å². The van der Waals surface area contributed by atoms with Crippen molar-refractivity contribution in [3.8, 4) is 0 Å². The summed E-state index contributed by atoms with van der Waals surface area (Å²) in [6.07, 6.45) is 3.20. The van der Waals surface area contributed by atoms with Crippen LogP contribution in [0, 0.1) is 28.7 Å². The van der Waals surface area contributed by atoms with Crippen LogP contribution in [0.5, 0.6) is 0 Å². The molecule has 0 unspecified atom stereocenters. The molecule has 0 spiro atoms. The molecule has 0 bridgehead atoms. The van der Waals surface area contributed by atoms with Crippen LogP contribution >= 0.6 is 0 Å². The van der Waals surface area contributed by atoms with E-state index in [0.717, 1.165) is 17.2 Å². The van der Waals surface area contributed by atoms with Crippen molar-refractivity contribution >= 4 is 11.4 Å². The average molecular weight is 279 g/mol. The topological polar surface area (TPSA) is 68.1 Å². The first-order valence-corrected chi connectivity index (χ1v) is 5.76. The van der Waals surface area contributed by atoms with Gasteiger partial charge in [-0.2, -0.15) is 4.39 Å². The highest BCUT2D eigenvalue weighted by atomic mass is 19.1. The Bertz CT molecular complexity index is 662. The molecule has 1 aromatic carbocycles. The second-order valence-electron chi connectivity index (χ2n) is 4.20. The van der Waals surface area contributed by atoms with Crippen molar-refractivity contribution < 1.29 is 13.7 Å². The first kappa shape index (κ1) is 13.9. The fourth-order valence-corrected chi connectivity index (χ4v) is 1.76. The molecule has 5 nitrogen and oxygen atoms in total. The maximum atomic E-state index is 13.4. The van der Waals surface area contributed by atoms with Crippen LogP contribution in [0.25, 0.3) is 0 Å². The fourth-order valence-electron chi connectivity index (χ4n) is 1.76. The molecule has 0 aliphatic heterocycles. The van der Waals surface area contributed by atoms with Gasteiger partial charge in [-0.15, -0.1) is 0 Å². The summed E-state index contributed by atoms with van der Waals surface area (Å²) in [5.74, 6) is -2.08. The molecular formula is C13H11F2N3O2. The highest BCUT2D eigenvalue weighted by Gasteiger charge is 2.21. The SMILES string of the molecule is Cc1ccncc1CNc1cc(F)cc(F)c1[N+](=O)[O-]. The van der Waals surface area contributed by atoms with E-state index in [1.54, 1.807) is 18.5 Å². The van der Waals surface area contributed by atoms with Gasteiger partial charge in [0.05, 0.1) is 4.92 Å². The molecule has 0 radical (unpaired) electrons. The van der Waals surface area contributed by atoms with Crippen LogP contribution in [0.3, 0.4) is 0 Å². The molecule has 0 aliphatic rings. The Labute approximate surface area is 113 Å². The number of benzene rings is 1. The van der Waals surface area contributed by atoms with E-state index in [9.17, 15) is 18.9 Å². The van der Waals surface area contributed by atoms with E-state index in [1.807, 2.05) is 6.92 Å². The zero-order chi connectivity index (χ0) is 14.7. The number of nitro benzene ring substituents is 1. The Balaban J connectivity index is 2.30. The van der Waals surface area contributed by atoms with Gasteiger partial charge in [0.15, 0.2) is 0 Å². The lowest BCUT2D eigenvalue weighted by molar-refractivity contribution is -0.386. The molecule has 104 valence electrons. The zero-order valence-corrected chi connectivity index (χ0v) is 10.6. The van der Waals surface area contributed by atoms with Gasteiger partial charge < -0.3 is 5.32 Å². The number of rotatable bonds is 4. The molecule has 7 heteroatoms. The van der Waals surface area contributed by atoms with Crippen LogP contribution < -0.4 is 5.32 Å². The molecular weight excluding hydrogens is 268 g/mol. The number of nitrogens with one attached hydrogen (secondary N) is 1. The monoisotopic (exact) mass is 279 g/mol. The quantitative estimate of drug-likeness (QED) is 0.689. The van der Waals surface area contributed by atoms with Gasteiger partial charge in [-0.05, 0) is 24.1 Å². The maximum Gasteiger partial charge on any atom is 0.327 e. The summed E-state index contributed by atoms with van der Waals surface area (Å²) >= 11 is 0. The van der Waals surface area contributed by atoms with E-state index in [0.29, 0.717) is 6.07 Å². The van der Waals surface area contributed by atoms with E-state index in [-0.39, 0.29) is 12.2 Å². The minimum atomic E-state index is -1.21. The molecule has 2 rings (SSSR count). The van der Waals surface area contributed by atoms with Crippen LogP contribution in [0.4, 0.5) is 20.2 Å². The van der Waals surface area contributed by atoms with Crippen LogP contribution in [-0.4, -0.2) is 9.91 Å². The second-order valence-corrected chi connectivity index (χ2v) is 4.20. The number of anilines is 1. The molecule has 0 saturated carbocycles. The van der Waals surface area contributed by atoms with Gasteiger partial charge in [0.2, 0.25) is 5.82 Å². The van der Waals surface area contributed by atoms with Crippen LogP contribution in [0.2, 0.25) is 0 Å². The second kappa shape index (κ2) is 5.60. The van der Waals surface area contributed by atoms with Crippen LogP contribution in [0.1, 0.15) is 11.1 Å². The van der Waals surface area contributed by atoms with E-state index in [1.165, 1.54) is 0 Å². The zero-order valence-electron chi connectivity index (χ0n) is 10.6. The third-order valence-corrected chi connectivity index (χ3v) is 2.83. The third kappa shape index (κ3) is 2.87. The van der Waals surface area contributed by atoms with Crippen LogP contribution in [0.15, 0.2) is 30.6 Å². The summed E-state index contributed by atoms with van der Waals surface area (Å²) in [5.41, 5.74) is 0.738. The summed E-state index contributed by atoms with van der Waals surface area (Å²) in [4.78, 5) is 13.9. The molecule has 1 heterocycles. The number of nitro groups is 1. The van der Waals surface area contributed by atoms with Gasteiger partial charge in [0.25, 0.3) is 0 Å². The van der Waals surface area contributed by atoms with Gasteiger partial charge in [0, 0.05) is 31.1 Å². The third-order valence-electron chi connectivity index (χ3n) is 2.83. The number of hydrogen-bond donors (Lipinski definition) is 1. The summed E-state index contributed by atoms with van der Waals surface area (Å²) in [6.45, 7) is 2.03. The minimum Gasteiger partial charge on any atom is -0.375 e. The minimum absolute atomic E-state index is 0.184. The summed E-state index contributed by atoms with van der Waals surface area (Å²) in [7, 11) is 0. The van der Waals surface area contributed by atoms with Crippen molar-refractivity contribution in [1.82, 2.24) is 4.98 Å². The number of halogens is 2. The van der Waals surface area contributed by atoms with Gasteiger partial charge in [0.1, 0.15) is 11.5 Å². The summed E-state index contributed by atoms with van der Waals surface area (Å²) < 4.78 is 26.6. The Hall–Kier alpha value is -2.57. The number of aryl methyl sites for hydroxylation is 1. The summed E-state index contributed by atoms with van der Waals surface area (Å²) in [6, 6.07) is 3.16. The van der Waals surface area contributed by atoms with Crippen molar-refractivity contribution in [1.29, 1.82) is 0 Å². The van der Waals surface area contributed by atoms with Gasteiger partial charge >= 0.3 is 5.69 Å². The average Bonchev–Trinajstić information content (AvgIpc) is 2.36. The molecule has 20 heavy (non-hydrogen) atoms. The standard InChI is InChI=1S/C13H11F2N3O2/c1-8-2-3-16-6-9(8)7-17-12-5-10(14)4-11(15)13(12)18(19)20/h2-6,17H,7H2,1H3. The fraction of sp³-hybridized carbons (Fsp3) is 0.154. The normalized spacial score (nSPS) is 10.3. The Morgan fingerprint density at radius 2 is 2.15 bits per heavy atom. The molecule has 0 aliphatic carbocycles. The van der Waals surface area contributed by atoms with Crippen molar-refractivity contribution in [3.63, 3.8) is 0 Å². The van der Waals surface area contributed by atoms with Gasteiger partial charge in [-0.1, -0.05) is 0 Å². The van der Waals surface area contributed by atoms with Crippen molar-refractivity contribution in [3.05, 3.63) is 63.5 Å².